The van der Waals surface area contributed by atoms with E-state index in [-0.39, 0.29) is 5.41 Å². The fourth-order valence-electron chi connectivity index (χ4n) is 5.51. The highest BCUT2D eigenvalue weighted by Crippen LogP contribution is 2.62. The Balaban J connectivity index is 1.45. The molecule has 1 atom stereocenters. The molecule has 0 amide bonds. The van der Waals surface area contributed by atoms with Gasteiger partial charge in [-0.1, -0.05) is 52.3 Å². The van der Waals surface area contributed by atoms with Gasteiger partial charge in [0.2, 0.25) is 11.7 Å². The van der Waals surface area contributed by atoms with Crippen LogP contribution in [0.4, 0.5) is 0 Å². The largest absolute Gasteiger partial charge is 0.368 e. The van der Waals surface area contributed by atoms with Gasteiger partial charge in [0.15, 0.2) is 0 Å². The van der Waals surface area contributed by atoms with Crippen LogP contribution in [0.1, 0.15) is 42.4 Å². The maximum Gasteiger partial charge on any atom is 0.220 e. The molecule has 1 fully saturated rings. The molecular formula is C23H26BrN3O. The number of guanidine groups is 1. The molecule has 3 aliphatic rings. The van der Waals surface area contributed by atoms with Crippen LogP contribution in [0.3, 0.4) is 0 Å². The fraction of sp³-hybridized carbons (Fsp3) is 0.435. The molecule has 1 heterocycles. The van der Waals surface area contributed by atoms with E-state index in [9.17, 15) is 0 Å². The SMILES string of the molecule is CN1OC2(N=C1N)c1cc(Br)ccc1CC21CCC(Cc2ccccc2)CC1. The smallest absolute Gasteiger partial charge is 0.220 e. The van der Waals surface area contributed by atoms with Crippen molar-refractivity contribution in [3.63, 3.8) is 0 Å². The lowest BCUT2D eigenvalue weighted by Gasteiger charge is -2.45. The van der Waals surface area contributed by atoms with Gasteiger partial charge in [0, 0.05) is 22.5 Å². The van der Waals surface area contributed by atoms with Crippen LogP contribution in [-0.2, 0) is 23.4 Å². The van der Waals surface area contributed by atoms with Gasteiger partial charge >= 0.3 is 0 Å². The maximum atomic E-state index is 6.43. The lowest BCUT2D eigenvalue weighted by molar-refractivity contribution is -0.230. The van der Waals surface area contributed by atoms with Gasteiger partial charge in [-0.25, -0.2) is 14.9 Å². The van der Waals surface area contributed by atoms with E-state index >= 15 is 0 Å². The number of fused-ring (bicyclic) bond motifs is 3. The predicted octanol–water partition coefficient (Wildman–Crippen LogP) is 4.77. The van der Waals surface area contributed by atoms with Gasteiger partial charge in [0.1, 0.15) is 0 Å². The number of rotatable bonds is 2. The molecule has 5 heteroatoms. The lowest BCUT2D eigenvalue weighted by atomic mass is 9.64. The highest BCUT2D eigenvalue weighted by Gasteiger charge is 2.63. The number of nitrogens with two attached hydrogens (primary N) is 1. The number of hydroxylamine groups is 2. The number of benzene rings is 2. The molecular weight excluding hydrogens is 414 g/mol. The molecule has 5 rings (SSSR count). The third kappa shape index (κ3) is 2.71. The Kier molecular flexibility index (Phi) is 4.29. The number of hydrogen-bond donors (Lipinski definition) is 1. The first-order valence-corrected chi connectivity index (χ1v) is 10.9. The standard InChI is InChI=1S/C23H26BrN3O/c1-27-21(25)26-23(28-27)20-14-19(24)8-7-18(20)15-22(23)11-9-17(10-12-22)13-16-5-3-2-4-6-16/h2-8,14,17H,9-13,15H2,1H3,(H2,25,26). The first kappa shape index (κ1) is 18.2. The first-order valence-electron chi connectivity index (χ1n) is 10.1. The summed E-state index contributed by atoms with van der Waals surface area (Å²) in [6.45, 7) is 0. The molecule has 2 N–H and O–H groups in total. The minimum absolute atomic E-state index is 0.0152. The molecule has 1 aliphatic heterocycles. The van der Waals surface area contributed by atoms with Crippen LogP contribution in [0.25, 0.3) is 0 Å². The summed E-state index contributed by atoms with van der Waals surface area (Å²) in [5.74, 6) is 1.19. The summed E-state index contributed by atoms with van der Waals surface area (Å²) in [4.78, 5) is 11.4. The van der Waals surface area contributed by atoms with Crippen molar-refractivity contribution in [3.05, 3.63) is 69.7 Å². The highest BCUT2D eigenvalue weighted by atomic mass is 79.9. The van der Waals surface area contributed by atoms with Gasteiger partial charge in [-0.2, -0.15) is 0 Å². The van der Waals surface area contributed by atoms with Crippen LogP contribution >= 0.6 is 15.9 Å². The maximum absolute atomic E-state index is 6.43. The van der Waals surface area contributed by atoms with E-state index in [2.05, 4.69) is 64.5 Å². The summed E-state index contributed by atoms with van der Waals surface area (Å²) < 4.78 is 1.06. The first-order chi connectivity index (χ1) is 13.5. The molecule has 4 nitrogen and oxygen atoms in total. The van der Waals surface area contributed by atoms with Crippen LogP contribution in [0.15, 0.2) is 58.0 Å². The van der Waals surface area contributed by atoms with Crippen molar-refractivity contribution in [1.82, 2.24) is 5.06 Å². The molecule has 1 saturated carbocycles. The average molecular weight is 440 g/mol. The molecule has 0 aromatic heterocycles. The number of hydrogen-bond acceptors (Lipinski definition) is 4. The molecule has 2 aromatic rings. The second-order valence-electron chi connectivity index (χ2n) is 8.59. The van der Waals surface area contributed by atoms with Crippen molar-refractivity contribution in [2.75, 3.05) is 7.05 Å². The van der Waals surface area contributed by atoms with Gasteiger partial charge in [-0.05, 0) is 67.7 Å². The third-order valence-electron chi connectivity index (χ3n) is 6.98. The van der Waals surface area contributed by atoms with Crippen molar-refractivity contribution >= 4 is 21.9 Å². The molecule has 0 saturated heterocycles. The van der Waals surface area contributed by atoms with Crippen LogP contribution in [0.2, 0.25) is 0 Å². The molecule has 2 spiro atoms. The van der Waals surface area contributed by atoms with Crippen LogP contribution < -0.4 is 5.73 Å². The summed E-state index contributed by atoms with van der Waals surface area (Å²) in [6, 6.07) is 17.4. The Hall–Kier alpha value is -1.85. The number of nitrogens with zero attached hydrogens (tertiary/aromatic N) is 2. The fourth-order valence-corrected chi connectivity index (χ4v) is 5.87. The van der Waals surface area contributed by atoms with E-state index in [0.717, 1.165) is 36.1 Å². The lowest BCUT2D eigenvalue weighted by Crippen LogP contribution is -2.45. The quantitative estimate of drug-likeness (QED) is 0.732. The van der Waals surface area contributed by atoms with E-state index in [4.69, 9.17) is 15.6 Å². The van der Waals surface area contributed by atoms with Gasteiger partial charge in [-0.3, -0.25) is 0 Å². The Bertz CT molecular complexity index is 921. The average Bonchev–Trinajstić information content (AvgIpc) is 3.13. The molecule has 146 valence electrons. The van der Waals surface area contributed by atoms with Crippen molar-refractivity contribution < 1.29 is 4.84 Å². The normalized spacial score (nSPS) is 31.4. The molecule has 1 unspecified atom stereocenters. The zero-order chi connectivity index (χ0) is 19.4. The second-order valence-corrected chi connectivity index (χ2v) is 9.51. The zero-order valence-electron chi connectivity index (χ0n) is 16.2. The van der Waals surface area contributed by atoms with Crippen LogP contribution in [0.5, 0.6) is 0 Å². The van der Waals surface area contributed by atoms with E-state index in [1.807, 2.05) is 7.05 Å². The van der Waals surface area contributed by atoms with E-state index in [1.54, 1.807) is 5.06 Å². The van der Waals surface area contributed by atoms with Crippen molar-refractivity contribution in [2.24, 2.45) is 22.1 Å². The van der Waals surface area contributed by atoms with E-state index in [0.29, 0.717) is 5.96 Å². The Morgan fingerprint density at radius 3 is 2.61 bits per heavy atom. The topological polar surface area (TPSA) is 50.8 Å². The van der Waals surface area contributed by atoms with Gasteiger partial charge < -0.3 is 5.73 Å². The van der Waals surface area contributed by atoms with Crippen molar-refractivity contribution in [2.45, 2.75) is 44.2 Å². The summed E-state index contributed by atoms with van der Waals surface area (Å²) in [5, 5.41) is 1.65. The number of halogens is 1. The summed E-state index contributed by atoms with van der Waals surface area (Å²) in [7, 11) is 1.86. The van der Waals surface area contributed by atoms with E-state index < -0.39 is 5.72 Å². The van der Waals surface area contributed by atoms with E-state index in [1.165, 1.54) is 29.5 Å². The Morgan fingerprint density at radius 2 is 1.93 bits per heavy atom. The van der Waals surface area contributed by atoms with Crippen LogP contribution in [0, 0.1) is 11.3 Å². The monoisotopic (exact) mass is 439 g/mol. The van der Waals surface area contributed by atoms with Gasteiger partial charge in [-0.15, -0.1) is 0 Å². The zero-order valence-corrected chi connectivity index (χ0v) is 17.8. The second kappa shape index (κ2) is 6.60. The summed E-state index contributed by atoms with van der Waals surface area (Å²) in [6.07, 6.45) is 6.80. The molecule has 0 radical (unpaired) electrons. The molecule has 2 aliphatic carbocycles. The summed E-state index contributed by atoms with van der Waals surface area (Å²) >= 11 is 3.64. The molecule has 2 aromatic carbocycles. The Morgan fingerprint density at radius 1 is 1.18 bits per heavy atom. The third-order valence-corrected chi connectivity index (χ3v) is 7.47. The van der Waals surface area contributed by atoms with Crippen molar-refractivity contribution in [3.8, 4) is 0 Å². The summed E-state index contributed by atoms with van der Waals surface area (Å²) in [5.41, 5.74) is 9.45. The molecule has 0 bridgehead atoms. The highest BCUT2D eigenvalue weighted by molar-refractivity contribution is 9.10. The van der Waals surface area contributed by atoms with Gasteiger partial charge in [0.05, 0.1) is 0 Å². The van der Waals surface area contributed by atoms with Crippen LogP contribution in [-0.4, -0.2) is 18.1 Å². The minimum atomic E-state index is -0.678. The van der Waals surface area contributed by atoms with Crippen molar-refractivity contribution in [1.29, 1.82) is 0 Å². The number of aliphatic imine (C=N–C) groups is 1. The minimum Gasteiger partial charge on any atom is -0.368 e. The Labute approximate surface area is 174 Å². The molecule has 28 heavy (non-hydrogen) atoms. The van der Waals surface area contributed by atoms with Gasteiger partial charge in [0.25, 0.3) is 0 Å². The predicted molar refractivity (Wildman–Crippen MR) is 115 cm³/mol.